The number of aryl methyl sites for hydroxylation is 1. The number of halogens is 1. The van der Waals surface area contributed by atoms with Crippen molar-refractivity contribution in [1.82, 2.24) is 29.2 Å². The van der Waals surface area contributed by atoms with E-state index in [-0.39, 0.29) is 11.6 Å². The van der Waals surface area contributed by atoms with Crippen LogP contribution in [-0.4, -0.2) is 68.4 Å². The van der Waals surface area contributed by atoms with Gasteiger partial charge in [0.25, 0.3) is 5.56 Å². The number of hydrogen-bond donors (Lipinski definition) is 1. The highest BCUT2D eigenvalue weighted by Crippen LogP contribution is 2.38. The Kier molecular flexibility index (Phi) is 10.9. The third kappa shape index (κ3) is 7.96. The molecule has 1 aliphatic heterocycles. The van der Waals surface area contributed by atoms with Gasteiger partial charge in [-0.2, -0.15) is 4.98 Å². The van der Waals surface area contributed by atoms with Gasteiger partial charge in [0.05, 0.1) is 57.3 Å². The number of piperidine rings is 1. The van der Waals surface area contributed by atoms with Crippen molar-refractivity contribution >= 4 is 61.1 Å². The van der Waals surface area contributed by atoms with Crippen LogP contribution in [0.3, 0.4) is 0 Å². The maximum Gasteiger partial charge on any atom is 0.408 e. The molecule has 2 aliphatic rings. The smallest absolute Gasteiger partial charge is 0.408 e. The van der Waals surface area contributed by atoms with Gasteiger partial charge in [0.1, 0.15) is 5.60 Å². The van der Waals surface area contributed by atoms with Crippen molar-refractivity contribution < 1.29 is 14.3 Å². The molecule has 0 radical (unpaired) electrons. The molecular weight excluding hydrogens is 776 g/mol. The second kappa shape index (κ2) is 15.8. The van der Waals surface area contributed by atoms with E-state index in [2.05, 4.69) is 70.4 Å². The molecule has 2 fully saturated rings. The van der Waals surface area contributed by atoms with Crippen molar-refractivity contribution in [2.24, 2.45) is 0 Å². The van der Waals surface area contributed by atoms with E-state index in [9.17, 15) is 9.59 Å². The number of imidazole rings is 1. The molecule has 0 unspecified atom stereocenters. The average molecular weight is 826 g/mol. The van der Waals surface area contributed by atoms with Gasteiger partial charge in [-0.3, -0.25) is 9.20 Å². The highest BCUT2D eigenvalue weighted by Gasteiger charge is 2.27. The molecule has 0 spiro atoms. The van der Waals surface area contributed by atoms with E-state index in [0.29, 0.717) is 30.6 Å². The van der Waals surface area contributed by atoms with E-state index >= 15 is 0 Å². The fourth-order valence-electron chi connectivity index (χ4n) is 8.42. The van der Waals surface area contributed by atoms with Crippen LogP contribution < -0.4 is 10.9 Å². The summed E-state index contributed by atoms with van der Waals surface area (Å²) in [5.41, 5.74) is 8.67. The first-order valence-electron chi connectivity index (χ1n) is 19.5. The lowest BCUT2D eigenvalue weighted by atomic mass is 9.89. The van der Waals surface area contributed by atoms with Crippen molar-refractivity contribution in [3.8, 4) is 10.4 Å². The van der Waals surface area contributed by atoms with Crippen LogP contribution >= 0.6 is 27.3 Å². The Morgan fingerprint density at radius 2 is 1.76 bits per heavy atom. The van der Waals surface area contributed by atoms with Gasteiger partial charge in [0.15, 0.2) is 0 Å². The van der Waals surface area contributed by atoms with E-state index in [0.717, 1.165) is 88.3 Å². The molecule has 6 aromatic rings. The molecule has 55 heavy (non-hydrogen) atoms. The summed E-state index contributed by atoms with van der Waals surface area (Å²) < 4.78 is 17.2. The number of amides is 1. The Hall–Kier alpha value is -4.10. The molecule has 1 N–H and O–H groups in total. The van der Waals surface area contributed by atoms with E-state index in [1.165, 1.54) is 23.9 Å². The van der Waals surface area contributed by atoms with Crippen molar-refractivity contribution in [3.05, 3.63) is 97.8 Å². The quantitative estimate of drug-likeness (QED) is 0.137. The van der Waals surface area contributed by atoms with Gasteiger partial charge in [-0.05, 0) is 129 Å². The number of rotatable bonds is 10. The van der Waals surface area contributed by atoms with Crippen LogP contribution in [0.5, 0.6) is 0 Å². The molecule has 1 amide bonds. The standard InChI is InChI=1S/C43H49BrN6O4S/c1-27-39(55-26-45-27)30-14-12-29(13-15-30)34(46-42(52)54-43(2,3)4)25-53-23-22-48-20-18-28(19-21-48)31-16-17-35-37(24-31)49(32-8-5-6-9-32)41-47-40(51)38-33(44)10-7-11-36(38)50(35)41/h7,10-17,24,26,28,32,34H,5-6,8-9,18-23,25H2,1-4H3,(H,46,52)/t34-/m0/s1. The molecule has 3 aromatic carbocycles. The predicted octanol–water partition coefficient (Wildman–Crippen LogP) is 9.57. The molecule has 1 saturated heterocycles. The largest absolute Gasteiger partial charge is 0.444 e. The van der Waals surface area contributed by atoms with Crippen LogP contribution in [-0.2, 0) is 9.47 Å². The lowest BCUT2D eigenvalue weighted by Gasteiger charge is -2.32. The fourth-order valence-corrected chi connectivity index (χ4v) is 9.76. The lowest BCUT2D eigenvalue weighted by molar-refractivity contribution is 0.0414. The number of ether oxygens (including phenoxy) is 2. The van der Waals surface area contributed by atoms with Crippen molar-refractivity contribution in [2.75, 3.05) is 32.8 Å². The Morgan fingerprint density at radius 3 is 2.47 bits per heavy atom. The third-order valence-corrected chi connectivity index (χ3v) is 12.8. The summed E-state index contributed by atoms with van der Waals surface area (Å²) in [5.74, 6) is 1.20. The number of likely N-dealkylation sites (tertiary alicyclic amines) is 1. The van der Waals surface area contributed by atoms with E-state index in [1.54, 1.807) is 11.3 Å². The van der Waals surface area contributed by atoms with E-state index in [4.69, 9.17) is 14.5 Å². The number of carbonyl (C=O) groups excluding carboxylic acids is 1. The topological polar surface area (TPSA) is 103 Å². The Balaban J connectivity index is 0.930. The molecule has 1 atom stereocenters. The Bertz CT molecular complexity index is 2380. The van der Waals surface area contributed by atoms with Crippen LogP contribution in [0, 0.1) is 6.92 Å². The summed E-state index contributed by atoms with van der Waals surface area (Å²) in [5, 5.41) is 3.66. The van der Waals surface area contributed by atoms with Crippen molar-refractivity contribution in [1.29, 1.82) is 0 Å². The molecule has 10 nitrogen and oxygen atoms in total. The Labute approximate surface area is 334 Å². The summed E-state index contributed by atoms with van der Waals surface area (Å²) in [4.78, 5) is 38.9. The van der Waals surface area contributed by atoms with Gasteiger partial charge in [0, 0.05) is 17.1 Å². The highest BCUT2D eigenvalue weighted by atomic mass is 79.9. The molecule has 288 valence electrons. The first-order valence-corrected chi connectivity index (χ1v) is 21.2. The number of nitrogens with one attached hydrogen (secondary N) is 1. The van der Waals surface area contributed by atoms with Crippen LogP contribution in [0.4, 0.5) is 4.79 Å². The molecule has 0 bridgehead atoms. The number of hydrogen-bond acceptors (Lipinski definition) is 8. The van der Waals surface area contributed by atoms with E-state index in [1.807, 2.05) is 63.5 Å². The predicted molar refractivity (Wildman–Crippen MR) is 223 cm³/mol. The number of benzene rings is 3. The normalized spacial score (nSPS) is 16.7. The highest BCUT2D eigenvalue weighted by molar-refractivity contribution is 9.10. The number of fused-ring (bicyclic) bond motifs is 5. The Morgan fingerprint density at radius 1 is 1.00 bits per heavy atom. The lowest BCUT2D eigenvalue weighted by Crippen LogP contribution is -2.38. The zero-order valence-corrected chi connectivity index (χ0v) is 34.4. The summed E-state index contributed by atoms with van der Waals surface area (Å²) in [7, 11) is 0. The fraction of sp³-hybridized carbons (Fsp3) is 0.442. The summed E-state index contributed by atoms with van der Waals surface area (Å²) >= 11 is 5.23. The number of aromatic nitrogens is 4. The zero-order valence-electron chi connectivity index (χ0n) is 32.0. The summed E-state index contributed by atoms with van der Waals surface area (Å²) in [6.07, 6.45) is 6.28. The van der Waals surface area contributed by atoms with Gasteiger partial charge in [-0.1, -0.05) is 49.2 Å². The van der Waals surface area contributed by atoms with Crippen molar-refractivity contribution in [2.45, 2.75) is 89.8 Å². The average Bonchev–Trinajstić information content (AvgIpc) is 3.91. The zero-order chi connectivity index (χ0) is 38.3. The van der Waals surface area contributed by atoms with Gasteiger partial charge in [-0.25, -0.2) is 9.78 Å². The minimum Gasteiger partial charge on any atom is -0.444 e. The summed E-state index contributed by atoms with van der Waals surface area (Å²) in [6, 6.07) is 21.1. The second-order valence-corrected chi connectivity index (χ2v) is 17.7. The summed E-state index contributed by atoms with van der Waals surface area (Å²) in [6.45, 7) is 11.3. The van der Waals surface area contributed by atoms with Gasteiger partial charge >= 0.3 is 6.09 Å². The van der Waals surface area contributed by atoms with E-state index < -0.39 is 11.7 Å². The first kappa shape index (κ1) is 37.8. The third-order valence-electron chi connectivity index (χ3n) is 11.2. The van der Waals surface area contributed by atoms with Crippen LogP contribution in [0.25, 0.3) is 38.2 Å². The van der Waals surface area contributed by atoms with Crippen LogP contribution in [0.2, 0.25) is 0 Å². The number of alkyl carbamates (subject to hydrolysis) is 1. The van der Waals surface area contributed by atoms with Gasteiger partial charge in [0.2, 0.25) is 5.78 Å². The monoisotopic (exact) mass is 824 g/mol. The molecule has 3 aromatic heterocycles. The SMILES string of the molecule is Cc1ncsc1-c1ccc([C@H](COCCN2CCC(c3ccc4c(c3)n(C3CCCC3)c3nc(=O)c5c(Br)cccc5n43)CC2)NC(=O)OC(C)(C)C)cc1. The first-order chi connectivity index (χ1) is 26.5. The van der Waals surface area contributed by atoms with Gasteiger partial charge < -0.3 is 24.3 Å². The molecule has 1 aliphatic carbocycles. The molecule has 12 heteroatoms. The number of nitrogens with zero attached hydrogens (tertiary/aromatic N) is 5. The molecule has 1 saturated carbocycles. The molecule has 8 rings (SSSR count). The minimum absolute atomic E-state index is 0.188. The number of carbonyl (C=O) groups is 1. The number of thiazole rings is 1. The van der Waals surface area contributed by atoms with Gasteiger partial charge in [-0.15, -0.1) is 11.3 Å². The van der Waals surface area contributed by atoms with Crippen LogP contribution in [0.15, 0.2) is 75.4 Å². The molecular formula is C43H49BrN6O4S. The maximum atomic E-state index is 13.3. The molecule has 4 heterocycles. The maximum absolute atomic E-state index is 13.3. The van der Waals surface area contributed by atoms with Crippen molar-refractivity contribution in [3.63, 3.8) is 0 Å². The second-order valence-electron chi connectivity index (χ2n) is 16.0. The van der Waals surface area contributed by atoms with Crippen LogP contribution in [0.1, 0.15) is 94.1 Å². The minimum atomic E-state index is -0.598.